The maximum Gasteiger partial charge on any atom is 2.00 e. The summed E-state index contributed by atoms with van der Waals surface area (Å²) in [6.07, 6.45) is 0. The van der Waals surface area contributed by atoms with E-state index in [1.54, 1.807) is 0 Å². The van der Waals surface area contributed by atoms with E-state index in [0.29, 0.717) is 0 Å². The molecule has 0 saturated heterocycles. The molecule has 0 bridgehead atoms. The Bertz CT molecular complexity index is 6.00. The molecule has 0 atom stereocenters. The van der Waals surface area contributed by atoms with Crippen molar-refractivity contribution in [3.8, 4) is 0 Å². The molecule has 0 heterocycles. The van der Waals surface area contributed by atoms with E-state index >= 15 is 0 Å². The fourth-order valence-electron chi connectivity index (χ4n) is 0. The van der Waals surface area contributed by atoms with E-state index in [9.17, 15) is 0 Å². The number of hydrogen-bond donors (Lipinski definition) is 0. The minimum atomic E-state index is 0. The summed E-state index contributed by atoms with van der Waals surface area (Å²) in [4.78, 5) is 0. The van der Waals surface area contributed by atoms with E-state index in [-0.39, 0.29) is 49.0 Å². The van der Waals surface area contributed by atoms with Crippen LogP contribution in [0.5, 0.6) is 0 Å². The van der Waals surface area contributed by atoms with E-state index in [2.05, 4.69) is 0 Å². The van der Waals surface area contributed by atoms with Crippen molar-refractivity contribution in [3.05, 3.63) is 0 Å². The summed E-state index contributed by atoms with van der Waals surface area (Å²) < 4.78 is 0. The maximum absolute atomic E-state index is 0. The molecule has 0 rings (SSSR count). The normalized spacial score (nSPS) is 0. The summed E-state index contributed by atoms with van der Waals surface area (Å²) in [7, 11) is 0. The second-order valence-corrected chi connectivity index (χ2v) is 0. The molecule has 0 aromatic carbocycles. The summed E-state index contributed by atoms with van der Waals surface area (Å²) >= 11 is 0. The molecule has 0 fully saturated rings. The van der Waals surface area contributed by atoms with Crippen molar-refractivity contribution in [3.63, 3.8) is 0 Å². The summed E-state index contributed by atoms with van der Waals surface area (Å²) in [5, 5.41) is 0. The van der Waals surface area contributed by atoms with Crippen molar-refractivity contribution < 1.29 is 49.0 Å². The van der Waals surface area contributed by atoms with Crippen molar-refractivity contribution in [1.29, 1.82) is 0 Å². The second-order valence-electron chi connectivity index (χ2n) is 0. The molecule has 4 heteroatoms. The molecule has 1 radical (unpaired) electrons. The molecule has 0 saturated carbocycles. The van der Waals surface area contributed by atoms with Gasteiger partial charge in [-0.15, -0.1) is 0 Å². The fraction of sp³-hybridized carbons (Fsp3) is 0. The third-order valence-electron chi connectivity index (χ3n) is 0. The molecular formula is O2VZn-2. The molecule has 0 aromatic rings. The average molecular weight is 148 g/mol. The fourth-order valence-corrected chi connectivity index (χ4v) is 0. The van der Waals surface area contributed by atoms with Crippen LogP contribution in [0.2, 0.25) is 0 Å². The Morgan fingerprint density at radius 3 is 0.750 bits per heavy atom. The first-order valence-corrected chi connectivity index (χ1v) is 0. The molecule has 0 aliphatic carbocycles. The third-order valence-corrected chi connectivity index (χ3v) is 0. The van der Waals surface area contributed by atoms with Gasteiger partial charge in [0.25, 0.3) is 0 Å². The predicted molar refractivity (Wildman–Crippen MR) is 1.37 cm³/mol. The first-order chi connectivity index (χ1) is 0. The Balaban J connectivity index is 0. The van der Waals surface area contributed by atoms with Crippen molar-refractivity contribution in [2.75, 3.05) is 0 Å². The zero-order valence-corrected chi connectivity index (χ0v) is 6.33. The van der Waals surface area contributed by atoms with Gasteiger partial charge in [0.15, 0.2) is 0 Å². The third kappa shape index (κ3) is 11.1. The van der Waals surface area contributed by atoms with Gasteiger partial charge in [0.1, 0.15) is 0 Å². The van der Waals surface area contributed by atoms with Crippen LogP contribution in [0.25, 0.3) is 0 Å². The topological polar surface area (TPSA) is 57.0 Å². The number of hydrogen-bond acceptors (Lipinski definition) is 0. The van der Waals surface area contributed by atoms with Crippen LogP contribution in [0.15, 0.2) is 0 Å². The van der Waals surface area contributed by atoms with Gasteiger partial charge in [-0.05, 0) is 0 Å². The monoisotopic (exact) mass is 147 g/mol. The van der Waals surface area contributed by atoms with Crippen LogP contribution in [0.4, 0.5) is 0 Å². The maximum atomic E-state index is 0. The van der Waals surface area contributed by atoms with Gasteiger partial charge in [-0.1, -0.05) is 0 Å². The molecule has 2 nitrogen and oxygen atoms in total. The van der Waals surface area contributed by atoms with Crippen LogP contribution in [-0.4, -0.2) is 0 Å². The van der Waals surface area contributed by atoms with E-state index in [4.69, 9.17) is 0 Å². The molecule has 21 valence electrons. The van der Waals surface area contributed by atoms with E-state index in [0.717, 1.165) is 0 Å². The average Bonchev–Trinajstić information content (AvgIpc) is 0. The smallest absolute Gasteiger partial charge is 2.00 e. The molecule has 0 unspecified atom stereocenters. The standard InChI is InChI=1S/2O.V.Zn/q2*-2;;+2. The molecule has 0 aliphatic heterocycles. The van der Waals surface area contributed by atoms with Gasteiger partial charge in [-0.2, -0.15) is 0 Å². The van der Waals surface area contributed by atoms with E-state index in [1.165, 1.54) is 0 Å². The Kier molecular flexibility index (Phi) is 545. The molecule has 0 spiro atoms. The van der Waals surface area contributed by atoms with E-state index in [1.807, 2.05) is 0 Å². The Morgan fingerprint density at radius 2 is 0.750 bits per heavy atom. The summed E-state index contributed by atoms with van der Waals surface area (Å²) in [6, 6.07) is 0. The van der Waals surface area contributed by atoms with Crippen molar-refractivity contribution in [2.24, 2.45) is 0 Å². The summed E-state index contributed by atoms with van der Waals surface area (Å²) in [5.74, 6) is 0. The first kappa shape index (κ1) is 68.7. The minimum absolute atomic E-state index is 0. The van der Waals surface area contributed by atoms with Crippen LogP contribution in [-0.2, 0) is 49.0 Å². The van der Waals surface area contributed by atoms with Crippen LogP contribution >= 0.6 is 0 Å². The first-order valence-electron chi connectivity index (χ1n) is 0. The molecule has 4 heavy (non-hydrogen) atoms. The SMILES string of the molecule is [O-2].[O-2].[V].[Zn+2]. The summed E-state index contributed by atoms with van der Waals surface area (Å²) in [5.41, 5.74) is 0. The molecular weight excluding hydrogens is 148 g/mol. The largest absolute Gasteiger partial charge is 2.00 e. The molecule has 0 aliphatic rings. The molecule has 0 aromatic heterocycles. The van der Waals surface area contributed by atoms with Crippen molar-refractivity contribution >= 4 is 0 Å². The van der Waals surface area contributed by atoms with Gasteiger partial charge in [-0.25, -0.2) is 0 Å². The van der Waals surface area contributed by atoms with Crippen molar-refractivity contribution in [1.82, 2.24) is 0 Å². The Hall–Kier alpha value is 1.13. The van der Waals surface area contributed by atoms with Gasteiger partial charge < -0.3 is 11.0 Å². The van der Waals surface area contributed by atoms with Crippen molar-refractivity contribution in [2.45, 2.75) is 0 Å². The molecule has 0 amide bonds. The van der Waals surface area contributed by atoms with E-state index < -0.39 is 0 Å². The zero-order chi connectivity index (χ0) is 0. The molecule has 0 N–H and O–H groups in total. The quantitative estimate of drug-likeness (QED) is 0.426. The Morgan fingerprint density at radius 1 is 0.750 bits per heavy atom. The summed E-state index contributed by atoms with van der Waals surface area (Å²) in [6.45, 7) is 0. The van der Waals surface area contributed by atoms with Gasteiger partial charge in [0.05, 0.1) is 0 Å². The number of rotatable bonds is 0. The van der Waals surface area contributed by atoms with Crippen LogP contribution in [0.3, 0.4) is 0 Å². The van der Waals surface area contributed by atoms with Gasteiger partial charge in [0, 0.05) is 18.6 Å². The second kappa shape index (κ2) is 31.7. The van der Waals surface area contributed by atoms with Crippen LogP contribution < -0.4 is 0 Å². The van der Waals surface area contributed by atoms with Gasteiger partial charge in [-0.3, -0.25) is 0 Å². The Labute approximate surface area is 49.2 Å². The van der Waals surface area contributed by atoms with Crippen LogP contribution in [0.1, 0.15) is 0 Å². The zero-order valence-electron chi connectivity index (χ0n) is 1.97. The van der Waals surface area contributed by atoms with Crippen LogP contribution in [0, 0.1) is 0 Å². The van der Waals surface area contributed by atoms with Gasteiger partial charge in [0.2, 0.25) is 0 Å². The predicted octanol–water partition coefficient (Wildman–Crippen LogP) is -0.243. The van der Waals surface area contributed by atoms with Gasteiger partial charge >= 0.3 is 19.5 Å². The minimum Gasteiger partial charge on any atom is -2.00 e.